The SMILES string of the molecule is COC[C@@H](c1ccccc1)n1c(CC2CC2)nc(=O)c(S(=O)(=O)c2ccc(-c3cncc(F)c3)cc2)c1O. The van der Waals surface area contributed by atoms with E-state index < -0.39 is 38.0 Å². The molecule has 1 N–H and O–H groups in total. The fourth-order valence-electron chi connectivity index (χ4n) is 4.50. The smallest absolute Gasteiger partial charge is 0.296 e. The molecule has 1 fully saturated rings. The Balaban J connectivity index is 1.63. The lowest BCUT2D eigenvalue weighted by Gasteiger charge is -2.25. The van der Waals surface area contributed by atoms with Gasteiger partial charge in [0.15, 0.2) is 4.90 Å². The van der Waals surface area contributed by atoms with Gasteiger partial charge in [0, 0.05) is 25.3 Å². The van der Waals surface area contributed by atoms with E-state index in [-0.39, 0.29) is 11.5 Å². The van der Waals surface area contributed by atoms with Gasteiger partial charge in [-0.05, 0) is 48.1 Å². The number of benzene rings is 2. The van der Waals surface area contributed by atoms with Crippen molar-refractivity contribution < 1.29 is 22.7 Å². The molecular weight excluding hydrogens is 509 g/mol. The molecule has 5 rings (SSSR count). The molecule has 0 spiro atoms. The van der Waals surface area contributed by atoms with Gasteiger partial charge >= 0.3 is 0 Å². The number of halogens is 1. The van der Waals surface area contributed by atoms with Crippen LogP contribution in [0.1, 0.15) is 30.3 Å². The molecule has 0 unspecified atom stereocenters. The average Bonchev–Trinajstić information content (AvgIpc) is 3.72. The summed E-state index contributed by atoms with van der Waals surface area (Å²) < 4.78 is 47.8. The van der Waals surface area contributed by atoms with E-state index >= 15 is 0 Å². The van der Waals surface area contributed by atoms with E-state index in [1.807, 2.05) is 30.3 Å². The number of hydrogen-bond acceptors (Lipinski definition) is 7. The largest absolute Gasteiger partial charge is 0.493 e. The van der Waals surface area contributed by atoms with E-state index in [1.165, 1.54) is 48.2 Å². The highest BCUT2D eigenvalue weighted by Gasteiger charge is 2.34. The lowest BCUT2D eigenvalue weighted by Crippen LogP contribution is -2.29. The van der Waals surface area contributed by atoms with Crippen molar-refractivity contribution in [2.45, 2.75) is 35.1 Å². The quantitative estimate of drug-likeness (QED) is 0.342. The van der Waals surface area contributed by atoms with Crippen LogP contribution in [0, 0.1) is 11.7 Å². The van der Waals surface area contributed by atoms with Crippen molar-refractivity contribution in [2.75, 3.05) is 13.7 Å². The van der Waals surface area contributed by atoms with Gasteiger partial charge in [-0.2, -0.15) is 4.98 Å². The highest BCUT2D eigenvalue weighted by molar-refractivity contribution is 7.91. The summed E-state index contributed by atoms with van der Waals surface area (Å²) in [6, 6.07) is 15.5. The maximum absolute atomic E-state index is 13.7. The van der Waals surface area contributed by atoms with E-state index in [2.05, 4.69) is 9.97 Å². The molecule has 1 saturated carbocycles. The molecule has 1 atom stereocenters. The van der Waals surface area contributed by atoms with Crippen molar-refractivity contribution in [3.63, 3.8) is 0 Å². The topological polar surface area (TPSA) is 111 Å². The van der Waals surface area contributed by atoms with Gasteiger partial charge < -0.3 is 9.84 Å². The fraction of sp³-hybridized carbons (Fsp3) is 0.250. The molecule has 2 aromatic heterocycles. The Morgan fingerprint density at radius 2 is 1.79 bits per heavy atom. The van der Waals surface area contributed by atoms with Crippen LogP contribution in [0.3, 0.4) is 0 Å². The highest BCUT2D eigenvalue weighted by atomic mass is 32.2. The summed E-state index contributed by atoms with van der Waals surface area (Å²) in [7, 11) is -2.96. The number of sulfone groups is 1. The van der Waals surface area contributed by atoms with Crippen LogP contribution in [0.2, 0.25) is 0 Å². The lowest BCUT2D eigenvalue weighted by atomic mass is 10.1. The summed E-state index contributed by atoms with van der Waals surface area (Å²) in [6.07, 6.45) is 4.92. The first-order chi connectivity index (χ1) is 18.3. The van der Waals surface area contributed by atoms with Crippen molar-refractivity contribution in [1.82, 2.24) is 14.5 Å². The van der Waals surface area contributed by atoms with Gasteiger partial charge in [-0.25, -0.2) is 12.8 Å². The summed E-state index contributed by atoms with van der Waals surface area (Å²) in [5, 5.41) is 11.4. The summed E-state index contributed by atoms with van der Waals surface area (Å²) >= 11 is 0. The number of nitrogens with zero attached hydrogens (tertiary/aromatic N) is 3. The lowest BCUT2D eigenvalue weighted by molar-refractivity contribution is 0.161. The first-order valence-electron chi connectivity index (χ1n) is 12.1. The number of aromatic hydroxyl groups is 1. The monoisotopic (exact) mass is 535 g/mol. The summed E-state index contributed by atoms with van der Waals surface area (Å²) in [5.41, 5.74) is 0.760. The number of aromatic nitrogens is 3. The van der Waals surface area contributed by atoms with Crippen LogP contribution in [-0.4, -0.2) is 41.8 Å². The molecule has 0 aliphatic heterocycles. The summed E-state index contributed by atoms with van der Waals surface area (Å²) in [4.78, 5) is 20.1. The Hall–Kier alpha value is -3.89. The van der Waals surface area contributed by atoms with Gasteiger partial charge in [-0.1, -0.05) is 42.5 Å². The van der Waals surface area contributed by atoms with Crippen molar-refractivity contribution in [3.05, 3.63) is 101 Å². The molecule has 1 aliphatic rings. The molecular formula is C28H26FN3O5S. The Labute approximate surface area is 219 Å². The second-order valence-electron chi connectivity index (χ2n) is 9.30. The minimum absolute atomic E-state index is 0.121. The number of rotatable bonds is 9. The Kier molecular flexibility index (Phi) is 7.09. The van der Waals surface area contributed by atoms with Gasteiger partial charge in [0.1, 0.15) is 11.6 Å². The third-order valence-corrected chi connectivity index (χ3v) is 8.38. The summed E-state index contributed by atoms with van der Waals surface area (Å²) in [5.74, 6) is -0.566. The minimum atomic E-state index is -4.47. The van der Waals surface area contributed by atoms with Crippen LogP contribution >= 0.6 is 0 Å². The zero-order valence-corrected chi connectivity index (χ0v) is 21.4. The molecule has 38 heavy (non-hydrogen) atoms. The van der Waals surface area contributed by atoms with Gasteiger partial charge in [-0.3, -0.25) is 14.3 Å². The molecule has 10 heteroatoms. The first-order valence-corrected chi connectivity index (χ1v) is 13.6. The molecule has 0 amide bonds. The normalized spacial score (nSPS) is 14.4. The van der Waals surface area contributed by atoms with Crippen LogP contribution < -0.4 is 5.56 Å². The van der Waals surface area contributed by atoms with Crippen molar-refractivity contribution in [1.29, 1.82) is 0 Å². The Morgan fingerprint density at radius 3 is 2.42 bits per heavy atom. The van der Waals surface area contributed by atoms with Gasteiger partial charge in [0.25, 0.3) is 5.56 Å². The maximum Gasteiger partial charge on any atom is 0.296 e. The predicted octanol–water partition coefficient (Wildman–Crippen LogP) is 4.17. The zero-order chi connectivity index (χ0) is 26.9. The number of pyridine rings is 1. The van der Waals surface area contributed by atoms with Crippen molar-refractivity contribution in [3.8, 4) is 17.0 Å². The number of ether oxygens (including phenoxy) is 1. The standard InChI is InChI=1S/C28H26FN3O5S/c1-37-17-24(20-5-3-2-4-6-20)32-25(13-18-7-8-18)31-27(33)26(28(32)34)38(35,36)23-11-9-19(10-12-23)21-14-22(29)16-30-15-21/h2-6,9-12,14-16,18,24,34H,7-8,13,17H2,1H3/t24-/m0/s1. The van der Waals surface area contributed by atoms with E-state index in [4.69, 9.17) is 4.74 Å². The van der Waals surface area contributed by atoms with Crippen LogP contribution in [-0.2, 0) is 21.0 Å². The molecule has 0 saturated heterocycles. The molecule has 1 aliphatic carbocycles. The van der Waals surface area contributed by atoms with Gasteiger partial charge in [0.2, 0.25) is 15.7 Å². The Morgan fingerprint density at radius 1 is 1.08 bits per heavy atom. The minimum Gasteiger partial charge on any atom is -0.493 e. The van der Waals surface area contributed by atoms with Crippen molar-refractivity contribution in [2.24, 2.45) is 5.92 Å². The second-order valence-corrected chi connectivity index (χ2v) is 11.2. The van der Waals surface area contributed by atoms with Crippen LogP contribution in [0.4, 0.5) is 4.39 Å². The van der Waals surface area contributed by atoms with Crippen LogP contribution in [0.5, 0.6) is 5.88 Å². The average molecular weight is 536 g/mol. The second kappa shape index (κ2) is 10.5. The van der Waals surface area contributed by atoms with E-state index in [0.29, 0.717) is 29.3 Å². The maximum atomic E-state index is 13.7. The number of hydrogen-bond donors (Lipinski definition) is 1. The van der Waals surface area contributed by atoms with Gasteiger partial charge in [-0.15, -0.1) is 0 Å². The zero-order valence-electron chi connectivity index (χ0n) is 20.6. The highest BCUT2D eigenvalue weighted by Crippen LogP contribution is 2.36. The molecule has 0 radical (unpaired) electrons. The molecule has 4 aromatic rings. The fourth-order valence-corrected chi connectivity index (χ4v) is 5.85. The van der Waals surface area contributed by atoms with Crippen LogP contribution in [0.15, 0.2) is 87.6 Å². The third-order valence-electron chi connectivity index (χ3n) is 6.59. The summed E-state index contributed by atoms with van der Waals surface area (Å²) in [6.45, 7) is 0.121. The predicted molar refractivity (Wildman–Crippen MR) is 138 cm³/mol. The van der Waals surface area contributed by atoms with E-state index in [1.54, 1.807) is 0 Å². The first kappa shape index (κ1) is 25.7. The number of methoxy groups -OCH3 is 1. The van der Waals surface area contributed by atoms with E-state index in [0.717, 1.165) is 24.6 Å². The molecule has 196 valence electrons. The molecule has 0 bridgehead atoms. The van der Waals surface area contributed by atoms with E-state index in [9.17, 15) is 22.7 Å². The van der Waals surface area contributed by atoms with Crippen LogP contribution in [0.25, 0.3) is 11.1 Å². The molecule has 2 aromatic carbocycles. The van der Waals surface area contributed by atoms with Crippen molar-refractivity contribution >= 4 is 9.84 Å². The Bertz CT molecular complexity index is 1620. The molecule has 2 heterocycles. The van der Waals surface area contributed by atoms with Gasteiger partial charge in [0.05, 0.1) is 23.7 Å². The third kappa shape index (κ3) is 5.09. The molecule has 8 nitrogen and oxygen atoms in total.